The van der Waals surface area contributed by atoms with Crippen LogP contribution in [0.5, 0.6) is 0 Å². The fraction of sp³-hybridized carbons (Fsp3) is 0.0526. The smallest absolute Gasteiger partial charge is 0.263 e. The van der Waals surface area contributed by atoms with E-state index < -0.39 is 0 Å². The monoisotopic (exact) mass is 378 g/mol. The summed E-state index contributed by atoms with van der Waals surface area (Å²) in [4.78, 5) is 16.8. The Hall–Kier alpha value is -2.77. The number of thioether (sulfide) groups is 1. The molecule has 0 aliphatic carbocycles. The third-order valence-corrected chi connectivity index (χ3v) is 5.00. The molecule has 1 N–H and O–H groups in total. The number of thiocarbonyl (C=S) groups is 1. The molecule has 1 aromatic carbocycles. The van der Waals surface area contributed by atoms with Gasteiger partial charge in [-0.1, -0.05) is 54.3 Å². The Bertz CT molecular complexity index is 997. The van der Waals surface area contributed by atoms with E-state index in [2.05, 4.69) is 22.4 Å². The second-order valence-electron chi connectivity index (χ2n) is 5.71. The number of amides is 1. The van der Waals surface area contributed by atoms with Crippen molar-refractivity contribution in [3.63, 3.8) is 0 Å². The Kier molecular flexibility index (Phi) is 4.64. The molecular weight excluding hydrogens is 364 g/mol. The van der Waals surface area contributed by atoms with E-state index in [1.807, 2.05) is 47.3 Å². The van der Waals surface area contributed by atoms with Crippen LogP contribution >= 0.6 is 24.0 Å². The number of nitrogens with one attached hydrogen (secondary N) is 1. The van der Waals surface area contributed by atoms with Gasteiger partial charge in [0.15, 0.2) is 0 Å². The highest BCUT2D eigenvalue weighted by molar-refractivity contribution is 8.26. The van der Waals surface area contributed by atoms with E-state index in [4.69, 9.17) is 17.3 Å². The number of aromatic nitrogens is 3. The van der Waals surface area contributed by atoms with Gasteiger partial charge in [0, 0.05) is 29.7 Å². The highest BCUT2D eigenvalue weighted by atomic mass is 32.2. The second-order valence-corrected chi connectivity index (χ2v) is 7.43. The Morgan fingerprint density at radius 2 is 2.04 bits per heavy atom. The van der Waals surface area contributed by atoms with Crippen molar-refractivity contribution in [3.8, 4) is 11.3 Å². The summed E-state index contributed by atoms with van der Waals surface area (Å²) in [5.41, 5.74) is 3.70. The van der Waals surface area contributed by atoms with E-state index in [-0.39, 0.29) is 5.91 Å². The Balaban J connectivity index is 1.75. The van der Waals surface area contributed by atoms with Gasteiger partial charge in [0.25, 0.3) is 5.91 Å². The molecule has 3 heterocycles. The summed E-state index contributed by atoms with van der Waals surface area (Å²) in [5, 5.41) is 7.36. The van der Waals surface area contributed by atoms with Crippen LogP contribution in [-0.2, 0) is 11.3 Å². The van der Waals surface area contributed by atoms with Crippen LogP contribution in [-0.4, -0.2) is 25.0 Å². The summed E-state index contributed by atoms with van der Waals surface area (Å²) < 4.78 is 2.35. The predicted molar refractivity (Wildman–Crippen MR) is 107 cm³/mol. The SMILES string of the molecule is O=C1NC(=S)S/C1=C\c1cn(Cc2ccccc2)nc1-c1cccnc1. The van der Waals surface area contributed by atoms with Gasteiger partial charge in [-0.25, -0.2) is 0 Å². The average molecular weight is 378 g/mol. The molecule has 1 aliphatic heterocycles. The molecule has 5 nitrogen and oxygen atoms in total. The van der Waals surface area contributed by atoms with Gasteiger partial charge >= 0.3 is 0 Å². The highest BCUT2D eigenvalue weighted by Gasteiger charge is 2.23. The van der Waals surface area contributed by atoms with Crippen molar-refractivity contribution < 1.29 is 4.79 Å². The van der Waals surface area contributed by atoms with E-state index in [9.17, 15) is 4.79 Å². The van der Waals surface area contributed by atoms with Crippen LogP contribution in [0.1, 0.15) is 11.1 Å². The third kappa shape index (κ3) is 3.58. The quantitative estimate of drug-likeness (QED) is 0.556. The highest BCUT2D eigenvalue weighted by Crippen LogP contribution is 2.30. The molecule has 2 aromatic heterocycles. The number of rotatable bonds is 4. The molecule has 1 fully saturated rings. The van der Waals surface area contributed by atoms with E-state index in [1.165, 1.54) is 11.8 Å². The van der Waals surface area contributed by atoms with E-state index >= 15 is 0 Å². The summed E-state index contributed by atoms with van der Waals surface area (Å²) >= 11 is 6.33. The summed E-state index contributed by atoms with van der Waals surface area (Å²) in [6, 6.07) is 13.9. The molecule has 1 aliphatic rings. The summed E-state index contributed by atoms with van der Waals surface area (Å²) in [5.74, 6) is -0.173. The van der Waals surface area contributed by atoms with Crippen molar-refractivity contribution in [2.24, 2.45) is 0 Å². The van der Waals surface area contributed by atoms with Crippen LogP contribution in [0, 0.1) is 0 Å². The molecule has 0 saturated carbocycles. The lowest BCUT2D eigenvalue weighted by atomic mass is 10.1. The maximum atomic E-state index is 12.0. The zero-order valence-electron chi connectivity index (χ0n) is 13.6. The molecule has 0 unspecified atom stereocenters. The molecule has 7 heteroatoms. The van der Waals surface area contributed by atoms with Gasteiger partial charge in [0.05, 0.1) is 11.4 Å². The minimum atomic E-state index is -0.173. The fourth-order valence-corrected chi connectivity index (χ4v) is 3.72. The number of hydrogen-bond acceptors (Lipinski definition) is 5. The predicted octanol–water partition coefficient (Wildman–Crippen LogP) is 3.48. The van der Waals surface area contributed by atoms with Gasteiger partial charge in [0.1, 0.15) is 10.0 Å². The molecule has 0 atom stereocenters. The van der Waals surface area contributed by atoms with Gasteiger partial charge in [0.2, 0.25) is 0 Å². The van der Waals surface area contributed by atoms with Crippen LogP contribution in [0.15, 0.2) is 66.0 Å². The Labute approximate surface area is 160 Å². The van der Waals surface area contributed by atoms with E-state index in [0.717, 1.165) is 22.4 Å². The van der Waals surface area contributed by atoms with Crippen molar-refractivity contribution >= 4 is 40.3 Å². The number of benzene rings is 1. The number of hydrogen-bond donors (Lipinski definition) is 1. The van der Waals surface area contributed by atoms with Crippen molar-refractivity contribution in [2.45, 2.75) is 6.54 Å². The zero-order valence-corrected chi connectivity index (χ0v) is 15.3. The topological polar surface area (TPSA) is 59.8 Å². The van der Waals surface area contributed by atoms with E-state index in [0.29, 0.717) is 15.8 Å². The molecule has 1 saturated heterocycles. The molecule has 1 amide bonds. The third-order valence-electron chi connectivity index (χ3n) is 3.84. The average Bonchev–Trinajstić information content (AvgIpc) is 3.19. The van der Waals surface area contributed by atoms with E-state index in [1.54, 1.807) is 12.4 Å². The van der Waals surface area contributed by atoms with Crippen molar-refractivity contribution in [1.29, 1.82) is 0 Å². The number of pyridine rings is 1. The number of carbonyl (C=O) groups is 1. The summed E-state index contributed by atoms with van der Waals surface area (Å²) in [7, 11) is 0. The first-order chi connectivity index (χ1) is 12.7. The molecule has 0 radical (unpaired) electrons. The van der Waals surface area contributed by atoms with Crippen LogP contribution in [0.4, 0.5) is 0 Å². The lowest BCUT2D eigenvalue weighted by molar-refractivity contribution is -0.115. The first-order valence-electron chi connectivity index (χ1n) is 7.96. The minimum absolute atomic E-state index is 0.173. The van der Waals surface area contributed by atoms with Crippen molar-refractivity contribution in [1.82, 2.24) is 20.1 Å². The largest absolute Gasteiger partial charge is 0.307 e. The maximum Gasteiger partial charge on any atom is 0.263 e. The lowest BCUT2D eigenvalue weighted by Gasteiger charge is -2.01. The molecule has 0 spiro atoms. The molecule has 0 bridgehead atoms. The number of carbonyl (C=O) groups excluding carboxylic acids is 1. The lowest BCUT2D eigenvalue weighted by Crippen LogP contribution is -2.17. The second kappa shape index (κ2) is 7.23. The molecule has 128 valence electrons. The first kappa shape index (κ1) is 16.7. The normalized spacial score (nSPS) is 15.5. The summed E-state index contributed by atoms with van der Waals surface area (Å²) in [6.45, 7) is 0.648. The Morgan fingerprint density at radius 1 is 1.19 bits per heavy atom. The maximum absolute atomic E-state index is 12.0. The van der Waals surface area contributed by atoms with Gasteiger partial charge in [-0.05, 0) is 23.8 Å². The van der Waals surface area contributed by atoms with Crippen molar-refractivity contribution in [3.05, 3.63) is 77.1 Å². The van der Waals surface area contributed by atoms with Crippen LogP contribution < -0.4 is 5.32 Å². The van der Waals surface area contributed by atoms with Gasteiger partial charge in [-0.15, -0.1) is 0 Å². The Morgan fingerprint density at radius 3 is 2.73 bits per heavy atom. The van der Waals surface area contributed by atoms with Gasteiger partial charge in [-0.3, -0.25) is 14.5 Å². The van der Waals surface area contributed by atoms with Gasteiger partial charge < -0.3 is 5.32 Å². The van der Waals surface area contributed by atoms with Crippen LogP contribution in [0.2, 0.25) is 0 Å². The van der Waals surface area contributed by atoms with Crippen molar-refractivity contribution in [2.75, 3.05) is 0 Å². The first-order valence-corrected chi connectivity index (χ1v) is 9.18. The van der Waals surface area contributed by atoms with Crippen LogP contribution in [0.3, 0.4) is 0 Å². The molecule has 4 rings (SSSR count). The number of nitrogens with zero attached hydrogens (tertiary/aromatic N) is 3. The van der Waals surface area contributed by atoms with Crippen LogP contribution in [0.25, 0.3) is 17.3 Å². The molecular formula is C19H14N4OS2. The fourth-order valence-electron chi connectivity index (χ4n) is 2.68. The minimum Gasteiger partial charge on any atom is -0.307 e. The zero-order chi connectivity index (χ0) is 17.9. The molecule has 3 aromatic rings. The standard InChI is InChI=1S/C19H14N4OS2/c24-18-16(26-19(25)21-18)9-15-12-23(11-13-5-2-1-3-6-13)22-17(15)14-7-4-8-20-10-14/h1-10,12H,11H2,(H,21,24,25)/b16-9-. The summed E-state index contributed by atoms with van der Waals surface area (Å²) in [6.07, 6.45) is 7.26. The molecule has 26 heavy (non-hydrogen) atoms. The van der Waals surface area contributed by atoms with Gasteiger partial charge in [-0.2, -0.15) is 5.10 Å².